The molecule has 20 heavy (non-hydrogen) atoms. The maximum absolute atomic E-state index is 2.57. The van der Waals surface area contributed by atoms with Gasteiger partial charge in [-0.2, -0.15) is 0 Å². The molecule has 1 atom stereocenters. The van der Waals surface area contributed by atoms with Crippen LogP contribution in [-0.4, -0.2) is 53.5 Å². The van der Waals surface area contributed by atoms with Crippen molar-refractivity contribution in [3.05, 3.63) is 36.8 Å². The zero-order valence-electron chi connectivity index (χ0n) is 12.8. The Morgan fingerprint density at radius 2 is 1.55 bits per heavy atom. The minimum Gasteiger partial charge on any atom is -0.374 e. The normalized spacial score (nSPS) is 29.4. The number of likely N-dealkylation sites (tertiary alicyclic amines) is 1. The molecule has 1 fully saturated rings. The Morgan fingerprint density at radius 3 is 2.15 bits per heavy atom. The van der Waals surface area contributed by atoms with Crippen molar-refractivity contribution in [1.82, 2.24) is 14.7 Å². The number of piperidine rings is 1. The molecule has 0 radical (unpaired) electrons. The van der Waals surface area contributed by atoms with E-state index in [2.05, 4.69) is 65.5 Å². The van der Waals surface area contributed by atoms with Gasteiger partial charge in [0, 0.05) is 25.0 Å². The summed E-state index contributed by atoms with van der Waals surface area (Å²) in [5.41, 5.74) is 0. The Morgan fingerprint density at radius 1 is 0.850 bits per heavy atom. The highest BCUT2D eigenvalue weighted by Gasteiger charge is 2.25. The standard InChI is InChI=1S/C17H27N3/c1-15-3-11-19(12-4-15)17-7-13-20(14-8-17)16-5-9-18(2)10-6-16/h3-4,7,11-13,15-17H,5-6,8-10,14H2,1-2H3/t17-/m0/s1. The van der Waals surface area contributed by atoms with Gasteiger partial charge in [0.05, 0.1) is 6.04 Å². The van der Waals surface area contributed by atoms with Gasteiger partial charge in [0.2, 0.25) is 0 Å². The lowest BCUT2D eigenvalue weighted by Gasteiger charge is -2.40. The van der Waals surface area contributed by atoms with E-state index in [1.165, 1.54) is 38.9 Å². The van der Waals surface area contributed by atoms with E-state index in [4.69, 9.17) is 0 Å². The van der Waals surface area contributed by atoms with E-state index >= 15 is 0 Å². The van der Waals surface area contributed by atoms with Gasteiger partial charge in [0.15, 0.2) is 0 Å². The predicted molar refractivity (Wildman–Crippen MR) is 84.1 cm³/mol. The summed E-state index contributed by atoms with van der Waals surface area (Å²) in [4.78, 5) is 7.36. The molecule has 3 heterocycles. The van der Waals surface area contributed by atoms with Gasteiger partial charge in [-0.25, -0.2) is 0 Å². The van der Waals surface area contributed by atoms with Gasteiger partial charge in [-0.05, 0) is 57.6 Å². The van der Waals surface area contributed by atoms with Crippen molar-refractivity contribution in [2.45, 2.75) is 38.3 Å². The Kier molecular flexibility index (Phi) is 4.16. The van der Waals surface area contributed by atoms with Crippen molar-refractivity contribution >= 4 is 0 Å². The highest BCUT2D eigenvalue weighted by atomic mass is 15.2. The van der Waals surface area contributed by atoms with Crippen molar-refractivity contribution in [2.24, 2.45) is 5.92 Å². The van der Waals surface area contributed by atoms with E-state index in [1.54, 1.807) is 0 Å². The first-order valence-electron chi connectivity index (χ1n) is 7.99. The molecule has 0 aromatic carbocycles. The molecule has 0 aliphatic carbocycles. The van der Waals surface area contributed by atoms with Gasteiger partial charge < -0.3 is 14.7 Å². The second kappa shape index (κ2) is 6.04. The quantitative estimate of drug-likeness (QED) is 0.766. The van der Waals surface area contributed by atoms with E-state index < -0.39 is 0 Å². The molecule has 0 N–H and O–H groups in total. The van der Waals surface area contributed by atoms with E-state index in [0.29, 0.717) is 12.0 Å². The Balaban J connectivity index is 1.55. The molecule has 3 aliphatic rings. The number of hydrogen-bond donors (Lipinski definition) is 0. The van der Waals surface area contributed by atoms with Crippen molar-refractivity contribution in [3.8, 4) is 0 Å². The van der Waals surface area contributed by atoms with Crippen LogP contribution in [0.5, 0.6) is 0 Å². The second-order valence-electron chi connectivity index (χ2n) is 6.46. The number of hydrogen-bond acceptors (Lipinski definition) is 3. The summed E-state index contributed by atoms with van der Waals surface area (Å²) in [5, 5.41) is 0. The van der Waals surface area contributed by atoms with E-state index in [1.807, 2.05) is 0 Å². The lowest BCUT2D eigenvalue weighted by atomic mass is 10.0. The lowest BCUT2D eigenvalue weighted by Crippen LogP contribution is -2.44. The fraction of sp³-hybridized carbons (Fsp3) is 0.647. The van der Waals surface area contributed by atoms with Crippen molar-refractivity contribution in [3.63, 3.8) is 0 Å². The second-order valence-corrected chi connectivity index (χ2v) is 6.46. The summed E-state index contributed by atoms with van der Waals surface area (Å²) < 4.78 is 0. The summed E-state index contributed by atoms with van der Waals surface area (Å²) in [6.45, 7) is 5.91. The zero-order valence-corrected chi connectivity index (χ0v) is 12.8. The fourth-order valence-corrected chi connectivity index (χ4v) is 3.35. The van der Waals surface area contributed by atoms with Gasteiger partial charge in [0.25, 0.3) is 0 Å². The molecule has 3 heteroatoms. The SMILES string of the molecule is CC1C=CN([C@H]2C=CN(C3CCN(C)CC3)CC2)C=C1. The van der Waals surface area contributed by atoms with Crippen LogP contribution in [0, 0.1) is 5.92 Å². The first kappa shape index (κ1) is 13.7. The maximum atomic E-state index is 2.57. The average molecular weight is 273 g/mol. The van der Waals surface area contributed by atoms with E-state index in [9.17, 15) is 0 Å². The smallest absolute Gasteiger partial charge is 0.0544 e. The first-order chi connectivity index (χ1) is 9.72. The maximum Gasteiger partial charge on any atom is 0.0544 e. The number of allylic oxidation sites excluding steroid dienone is 2. The topological polar surface area (TPSA) is 9.72 Å². The van der Waals surface area contributed by atoms with Crippen LogP contribution in [0.1, 0.15) is 26.2 Å². The van der Waals surface area contributed by atoms with Crippen LogP contribution in [0.2, 0.25) is 0 Å². The Labute approximate surface area is 123 Å². The van der Waals surface area contributed by atoms with Crippen LogP contribution in [0.4, 0.5) is 0 Å². The number of rotatable bonds is 2. The van der Waals surface area contributed by atoms with Gasteiger partial charge >= 0.3 is 0 Å². The summed E-state index contributed by atoms with van der Waals surface area (Å²) in [6, 6.07) is 1.30. The van der Waals surface area contributed by atoms with Crippen molar-refractivity contribution in [1.29, 1.82) is 0 Å². The fourth-order valence-electron chi connectivity index (χ4n) is 3.35. The van der Waals surface area contributed by atoms with E-state index in [0.717, 1.165) is 6.04 Å². The number of nitrogens with zero attached hydrogens (tertiary/aromatic N) is 3. The zero-order chi connectivity index (χ0) is 13.9. The molecule has 0 aromatic rings. The molecular formula is C17H27N3. The minimum absolute atomic E-state index is 0.539. The molecule has 3 rings (SSSR count). The largest absolute Gasteiger partial charge is 0.374 e. The lowest BCUT2D eigenvalue weighted by molar-refractivity contribution is 0.147. The molecule has 0 saturated carbocycles. The molecular weight excluding hydrogens is 246 g/mol. The van der Waals surface area contributed by atoms with Crippen LogP contribution in [-0.2, 0) is 0 Å². The predicted octanol–water partition coefficient (Wildman–Crippen LogP) is 2.65. The molecule has 0 bridgehead atoms. The molecule has 110 valence electrons. The molecule has 3 nitrogen and oxygen atoms in total. The summed E-state index contributed by atoms with van der Waals surface area (Å²) in [6.07, 6.45) is 17.6. The summed E-state index contributed by atoms with van der Waals surface area (Å²) >= 11 is 0. The summed E-state index contributed by atoms with van der Waals surface area (Å²) in [5.74, 6) is 0.578. The third kappa shape index (κ3) is 3.09. The van der Waals surface area contributed by atoms with Gasteiger partial charge in [0.1, 0.15) is 0 Å². The molecule has 1 saturated heterocycles. The van der Waals surface area contributed by atoms with E-state index in [-0.39, 0.29) is 0 Å². The monoisotopic (exact) mass is 273 g/mol. The van der Waals surface area contributed by atoms with Crippen LogP contribution >= 0.6 is 0 Å². The third-order valence-corrected chi connectivity index (χ3v) is 4.85. The third-order valence-electron chi connectivity index (χ3n) is 4.85. The highest BCUT2D eigenvalue weighted by Crippen LogP contribution is 2.23. The average Bonchev–Trinajstić information content (AvgIpc) is 2.49. The van der Waals surface area contributed by atoms with Gasteiger partial charge in [-0.1, -0.05) is 19.1 Å². The molecule has 3 aliphatic heterocycles. The van der Waals surface area contributed by atoms with Gasteiger partial charge in [-0.3, -0.25) is 0 Å². The molecule has 0 aromatic heterocycles. The highest BCUT2D eigenvalue weighted by molar-refractivity contribution is 5.12. The summed E-state index contributed by atoms with van der Waals surface area (Å²) in [7, 11) is 2.23. The van der Waals surface area contributed by atoms with Crippen LogP contribution in [0.25, 0.3) is 0 Å². The minimum atomic E-state index is 0.539. The van der Waals surface area contributed by atoms with Crippen molar-refractivity contribution < 1.29 is 0 Å². The first-order valence-corrected chi connectivity index (χ1v) is 7.99. The van der Waals surface area contributed by atoms with Gasteiger partial charge in [-0.15, -0.1) is 0 Å². The van der Waals surface area contributed by atoms with Crippen LogP contribution in [0.3, 0.4) is 0 Å². The Hall–Kier alpha value is -1.22. The Bertz CT molecular complexity index is 390. The molecule has 0 unspecified atom stereocenters. The molecule has 0 amide bonds. The van der Waals surface area contributed by atoms with Crippen LogP contribution < -0.4 is 0 Å². The van der Waals surface area contributed by atoms with Crippen LogP contribution in [0.15, 0.2) is 36.8 Å². The van der Waals surface area contributed by atoms with Crippen molar-refractivity contribution in [2.75, 3.05) is 26.7 Å². The molecule has 0 spiro atoms.